The molecule has 230 valence electrons. The number of sulfonamides is 2. The van der Waals surface area contributed by atoms with Crippen LogP contribution in [-0.2, 0) is 35.0 Å². The van der Waals surface area contributed by atoms with Gasteiger partial charge in [0.05, 0.1) is 30.1 Å². The van der Waals surface area contributed by atoms with Gasteiger partial charge >= 0.3 is 0 Å². The Kier molecular flexibility index (Phi) is 9.60. The van der Waals surface area contributed by atoms with Crippen LogP contribution in [0.3, 0.4) is 0 Å². The molecule has 13 heteroatoms. The summed E-state index contributed by atoms with van der Waals surface area (Å²) in [5.74, 6) is -0.942. The molecule has 0 unspecified atom stereocenters. The number of morpholine rings is 1. The van der Waals surface area contributed by atoms with Gasteiger partial charge in [0.1, 0.15) is 6.54 Å². The highest BCUT2D eigenvalue weighted by molar-refractivity contribution is 7.92. The predicted molar refractivity (Wildman–Crippen MR) is 166 cm³/mol. The van der Waals surface area contributed by atoms with Gasteiger partial charge in [-0.15, -0.1) is 0 Å². The Morgan fingerprint density at radius 2 is 1.44 bits per heavy atom. The fraction of sp³-hybridized carbons (Fsp3) is 0.333. The van der Waals surface area contributed by atoms with Crippen LogP contribution in [0.2, 0.25) is 0 Å². The van der Waals surface area contributed by atoms with Gasteiger partial charge in [-0.25, -0.2) is 16.8 Å². The molecular formula is C30H36N4O7S2. The van der Waals surface area contributed by atoms with E-state index in [-0.39, 0.29) is 35.0 Å². The van der Waals surface area contributed by atoms with Crippen molar-refractivity contribution in [2.45, 2.75) is 31.1 Å². The van der Waals surface area contributed by atoms with E-state index in [4.69, 9.17) is 4.74 Å². The lowest BCUT2D eigenvalue weighted by Crippen LogP contribution is -2.40. The molecular weight excluding hydrogens is 592 g/mol. The highest BCUT2D eigenvalue weighted by atomic mass is 32.2. The van der Waals surface area contributed by atoms with Crippen LogP contribution in [0.25, 0.3) is 0 Å². The van der Waals surface area contributed by atoms with E-state index in [1.54, 1.807) is 36.4 Å². The SMILES string of the molecule is CC(C)(C)c1ccc(C(=O)Nc2cccc(NC(=O)CN(c3ccc(S(=O)(=O)N4CCOCC4)cc3)S(C)(=O)=O)c2)cc1. The second kappa shape index (κ2) is 12.8. The Hall–Kier alpha value is -3.78. The molecule has 1 saturated heterocycles. The molecule has 0 aliphatic carbocycles. The topological polar surface area (TPSA) is 142 Å². The van der Waals surface area contributed by atoms with E-state index >= 15 is 0 Å². The van der Waals surface area contributed by atoms with Gasteiger partial charge in [-0.3, -0.25) is 13.9 Å². The second-order valence-electron chi connectivity index (χ2n) is 11.2. The molecule has 4 rings (SSSR count). The zero-order valence-electron chi connectivity index (χ0n) is 24.5. The highest BCUT2D eigenvalue weighted by Crippen LogP contribution is 2.25. The summed E-state index contributed by atoms with van der Waals surface area (Å²) < 4.78 is 58.4. The van der Waals surface area contributed by atoms with Gasteiger partial charge in [0.2, 0.25) is 26.0 Å². The van der Waals surface area contributed by atoms with Crippen LogP contribution in [0.15, 0.2) is 77.7 Å². The van der Waals surface area contributed by atoms with Gasteiger partial charge in [-0.1, -0.05) is 39.0 Å². The average Bonchev–Trinajstić information content (AvgIpc) is 2.95. The van der Waals surface area contributed by atoms with Gasteiger partial charge in [0, 0.05) is 30.0 Å². The van der Waals surface area contributed by atoms with E-state index in [1.165, 1.54) is 28.6 Å². The fourth-order valence-electron chi connectivity index (χ4n) is 4.45. The predicted octanol–water partition coefficient (Wildman–Crippen LogP) is 3.66. The molecule has 11 nitrogen and oxygen atoms in total. The number of hydrogen-bond acceptors (Lipinski definition) is 7. The zero-order valence-corrected chi connectivity index (χ0v) is 26.2. The summed E-state index contributed by atoms with van der Waals surface area (Å²) in [6.07, 6.45) is 0.961. The lowest BCUT2D eigenvalue weighted by atomic mass is 9.87. The molecule has 43 heavy (non-hydrogen) atoms. The molecule has 0 radical (unpaired) electrons. The number of amides is 2. The summed E-state index contributed by atoms with van der Waals surface area (Å²) in [5, 5.41) is 5.47. The summed E-state index contributed by atoms with van der Waals surface area (Å²) >= 11 is 0. The van der Waals surface area contributed by atoms with Crippen molar-refractivity contribution in [2.75, 3.05) is 54.0 Å². The maximum Gasteiger partial charge on any atom is 0.255 e. The van der Waals surface area contributed by atoms with Crippen LogP contribution in [0, 0.1) is 0 Å². The molecule has 1 aliphatic rings. The fourth-order valence-corrected chi connectivity index (χ4v) is 6.72. The number of anilines is 3. The molecule has 0 saturated carbocycles. The van der Waals surface area contributed by atoms with Crippen molar-refractivity contribution in [3.63, 3.8) is 0 Å². The summed E-state index contributed by atoms with van der Waals surface area (Å²) in [6.45, 7) is 6.78. The number of hydrogen-bond donors (Lipinski definition) is 2. The van der Waals surface area contributed by atoms with Gasteiger partial charge in [0.15, 0.2) is 0 Å². The molecule has 2 N–H and O–H groups in total. The Labute approximate surface area is 252 Å². The van der Waals surface area contributed by atoms with E-state index in [0.717, 1.165) is 16.1 Å². The summed E-state index contributed by atoms with van der Waals surface area (Å²) in [5.41, 5.74) is 2.48. The summed E-state index contributed by atoms with van der Waals surface area (Å²) in [6, 6.07) is 19.2. The molecule has 0 spiro atoms. The number of carbonyl (C=O) groups excluding carboxylic acids is 2. The Balaban J connectivity index is 1.43. The molecule has 0 aromatic heterocycles. The van der Waals surface area contributed by atoms with Crippen molar-refractivity contribution in [1.29, 1.82) is 0 Å². The lowest BCUT2D eigenvalue weighted by molar-refractivity contribution is -0.114. The van der Waals surface area contributed by atoms with Crippen LogP contribution in [0.4, 0.5) is 17.1 Å². The van der Waals surface area contributed by atoms with Gasteiger partial charge in [-0.2, -0.15) is 4.31 Å². The Bertz CT molecular complexity index is 1680. The van der Waals surface area contributed by atoms with Crippen LogP contribution in [0.1, 0.15) is 36.7 Å². The first kappa shape index (κ1) is 32.1. The smallest absolute Gasteiger partial charge is 0.255 e. The second-order valence-corrected chi connectivity index (χ2v) is 15.0. The largest absolute Gasteiger partial charge is 0.379 e. The third kappa shape index (κ3) is 8.20. The van der Waals surface area contributed by atoms with Crippen LogP contribution < -0.4 is 14.9 Å². The molecule has 0 bridgehead atoms. The van der Waals surface area contributed by atoms with Gasteiger partial charge in [-0.05, 0) is 65.6 Å². The monoisotopic (exact) mass is 628 g/mol. The number of nitrogens with zero attached hydrogens (tertiary/aromatic N) is 2. The third-order valence-corrected chi connectivity index (χ3v) is 9.89. The molecule has 3 aromatic rings. The quantitative estimate of drug-likeness (QED) is 0.368. The first-order valence-corrected chi connectivity index (χ1v) is 16.9. The van der Waals surface area contributed by atoms with Crippen molar-refractivity contribution < 1.29 is 31.2 Å². The zero-order chi connectivity index (χ0) is 31.4. The first-order valence-electron chi connectivity index (χ1n) is 13.6. The average molecular weight is 629 g/mol. The lowest BCUT2D eigenvalue weighted by Gasteiger charge is -2.26. The van der Waals surface area contributed by atoms with Crippen LogP contribution in [0.5, 0.6) is 0 Å². The summed E-state index contributed by atoms with van der Waals surface area (Å²) in [7, 11) is -7.67. The molecule has 3 aromatic carbocycles. The maximum absolute atomic E-state index is 12.9. The third-order valence-electron chi connectivity index (χ3n) is 6.84. The van der Waals surface area contributed by atoms with Crippen molar-refractivity contribution in [2.24, 2.45) is 0 Å². The normalized spacial score (nSPS) is 14.6. The molecule has 1 aliphatic heterocycles. The molecule has 1 fully saturated rings. The number of benzene rings is 3. The Morgan fingerprint density at radius 3 is 2.00 bits per heavy atom. The highest BCUT2D eigenvalue weighted by Gasteiger charge is 2.27. The van der Waals surface area contributed by atoms with Gasteiger partial charge < -0.3 is 15.4 Å². The number of carbonyl (C=O) groups is 2. The standard InChI is InChI=1S/C30H36N4O7S2/c1-30(2,3)23-10-8-22(9-11-23)29(36)32-25-7-5-6-24(20-25)31-28(35)21-34(42(4,37)38)26-12-14-27(15-13-26)43(39,40)33-16-18-41-19-17-33/h5-15,20H,16-19,21H2,1-4H3,(H,31,35)(H,32,36). The van der Waals surface area contributed by atoms with E-state index in [2.05, 4.69) is 31.4 Å². The van der Waals surface area contributed by atoms with Gasteiger partial charge in [0.25, 0.3) is 5.91 Å². The van der Waals surface area contributed by atoms with E-state index < -0.39 is 32.5 Å². The van der Waals surface area contributed by atoms with Crippen LogP contribution in [-0.4, -0.2) is 72.1 Å². The van der Waals surface area contributed by atoms with Crippen molar-refractivity contribution in [1.82, 2.24) is 4.31 Å². The minimum absolute atomic E-state index is 0.0139. The minimum atomic E-state index is -3.90. The number of rotatable bonds is 9. The Morgan fingerprint density at radius 1 is 0.860 bits per heavy atom. The molecule has 0 atom stereocenters. The molecule has 1 heterocycles. The van der Waals surface area contributed by atoms with E-state index in [0.29, 0.717) is 30.2 Å². The maximum atomic E-state index is 12.9. The van der Waals surface area contributed by atoms with Crippen molar-refractivity contribution >= 4 is 48.9 Å². The van der Waals surface area contributed by atoms with Crippen molar-refractivity contribution in [3.8, 4) is 0 Å². The van der Waals surface area contributed by atoms with E-state index in [1.807, 2.05) is 12.1 Å². The molecule has 2 amide bonds. The van der Waals surface area contributed by atoms with E-state index in [9.17, 15) is 26.4 Å². The first-order chi connectivity index (χ1) is 20.1. The minimum Gasteiger partial charge on any atom is -0.379 e. The summed E-state index contributed by atoms with van der Waals surface area (Å²) in [4.78, 5) is 25.7. The number of nitrogens with one attached hydrogen (secondary N) is 2. The number of ether oxygens (including phenoxy) is 1. The van der Waals surface area contributed by atoms with Crippen LogP contribution >= 0.6 is 0 Å². The van der Waals surface area contributed by atoms with Crippen molar-refractivity contribution in [3.05, 3.63) is 83.9 Å².